The zero-order valence-electron chi connectivity index (χ0n) is 32.9. The van der Waals surface area contributed by atoms with Gasteiger partial charge in [0.2, 0.25) is 0 Å². The van der Waals surface area contributed by atoms with Crippen LogP contribution in [0.25, 0.3) is 99.5 Å². The minimum absolute atomic E-state index is 0.178. The number of aromatic nitrogens is 3. The first-order valence-corrected chi connectivity index (χ1v) is 17.2. The first kappa shape index (κ1) is 25.1. The zero-order valence-corrected chi connectivity index (χ0v) is 27.9. The fraction of sp³-hybridized carbons (Fsp3) is 0. The maximum atomic E-state index is 8.68. The van der Waals surface area contributed by atoms with Crippen LogP contribution in [0.5, 0.6) is 0 Å². The first-order chi connectivity index (χ1) is 27.8. The van der Waals surface area contributed by atoms with Crippen LogP contribution in [0.1, 0.15) is 6.85 Å². The van der Waals surface area contributed by atoms with Crippen molar-refractivity contribution in [2.24, 2.45) is 0 Å². The summed E-state index contributed by atoms with van der Waals surface area (Å²) in [4.78, 5) is 15.5. The Morgan fingerprint density at radius 1 is 0.308 bits per heavy atom. The van der Waals surface area contributed by atoms with Crippen LogP contribution < -0.4 is 0 Å². The molecule has 0 spiro atoms. The van der Waals surface area contributed by atoms with Crippen molar-refractivity contribution >= 4 is 43.1 Å². The Morgan fingerprint density at radius 2 is 0.846 bits per heavy atom. The molecule has 0 bridgehead atoms. The summed E-state index contributed by atoms with van der Waals surface area (Å²) in [6, 6.07) is 51.6. The molecule has 3 heteroatoms. The molecule has 0 amide bonds. The summed E-state index contributed by atoms with van der Waals surface area (Å²) in [6.45, 7) is 0. The van der Waals surface area contributed by atoms with Crippen molar-refractivity contribution in [2.75, 3.05) is 0 Å². The van der Waals surface area contributed by atoms with Crippen LogP contribution in [0, 0.1) is 0 Å². The molecule has 0 unspecified atom stereocenters. The normalized spacial score (nSPS) is 12.8. The number of nitrogens with zero attached hydrogens (tertiary/aromatic N) is 3. The number of hydrogen-bond acceptors (Lipinski definition) is 3. The highest BCUT2D eigenvalue weighted by molar-refractivity contribution is 6.13. The van der Waals surface area contributed by atoms with Gasteiger partial charge in [0, 0.05) is 16.7 Å². The van der Waals surface area contributed by atoms with Crippen molar-refractivity contribution in [2.45, 2.75) is 0 Å². The van der Waals surface area contributed by atoms with Crippen LogP contribution in [0.3, 0.4) is 0 Å². The third-order valence-electron chi connectivity index (χ3n) is 9.78. The van der Waals surface area contributed by atoms with E-state index < -0.39 is 6.04 Å². The lowest BCUT2D eigenvalue weighted by Gasteiger charge is -2.14. The van der Waals surface area contributed by atoms with Crippen molar-refractivity contribution in [3.8, 4) is 56.4 Å². The van der Waals surface area contributed by atoms with E-state index in [1.807, 2.05) is 78.9 Å². The molecule has 3 nitrogen and oxygen atoms in total. The fourth-order valence-electron chi connectivity index (χ4n) is 7.30. The van der Waals surface area contributed by atoms with Crippen molar-refractivity contribution < 1.29 is 6.85 Å². The SMILES string of the molecule is [2H]c1c([2H])c([2H])c(-c2ccc(-c3cccc(-c4nc(-c5ccc6ccccc6c5)nc(-c5cc6ccccc6c6ccccc56)n4)c3)c3ccccc23)c([2H])c1[2H]. The second-order valence-electron chi connectivity index (χ2n) is 12.8. The highest BCUT2D eigenvalue weighted by atomic mass is 15.0. The van der Waals surface area contributed by atoms with Crippen molar-refractivity contribution in [1.29, 1.82) is 0 Å². The molecule has 10 aromatic rings. The average molecular weight is 667 g/mol. The van der Waals surface area contributed by atoms with E-state index in [1.165, 1.54) is 5.39 Å². The van der Waals surface area contributed by atoms with Crippen molar-refractivity contribution in [3.63, 3.8) is 0 Å². The molecule has 1 heterocycles. The first-order valence-electron chi connectivity index (χ1n) is 19.7. The van der Waals surface area contributed by atoms with Crippen LogP contribution >= 0.6 is 0 Å². The predicted octanol–water partition coefficient (Wildman–Crippen LogP) is 12.8. The van der Waals surface area contributed by atoms with Crippen LogP contribution in [0.2, 0.25) is 0 Å². The number of hydrogen-bond donors (Lipinski definition) is 0. The van der Waals surface area contributed by atoms with Gasteiger partial charge in [0.05, 0.1) is 6.85 Å². The maximum Gasteiger partial charge on any atom is 0.164 e. The van der Waals surface area contributed by atoms with E-state index in [1.54, 1.807) is 0 Å². The highest BCUT2D eigenvalue weighted by Gasteiger charge is 2.17. The third-order valence-corrected chi connectivity index (χ3v) is 9.78. The molecule has 0 aliphatic heterocycles. The van der Waals surface area contributed by atoms with E-state index >= 15 is 0 Å². The van der Waals surface area contributed by atoms with E-state index in [4.69, 9.17) is 21.8 Å². The summed E-state index contributed by atoms with van der Waals surface area (Å²) < 4.78 is 42.1. The van der Waals surface area contributed by atoms with Gasteiger partial charge in [0.15, 0.2) is 17.5 Å². The second kappa shape index (κ2) is 12.4. The Labute approximate surface area is 308 Å². The predicted molar refractivity (Wildman–Crippen MR) is 217 cm³/mol. The average Bonchev–Trinajstić information content (AvgIpc) is 3.27. The minimum Gasteiger partial charge on any atom is -0.208 e. The molecule has 10 rings (SSSR count). The highest BCUT2D eigenvalue weighted by Crippen LogP contribution is 2.38. The molecule has 0 atom stereocenters. The topological polar surface area (TPSA) is 38.7 Å². The fourth-order valence-corrected chi connectivity index (χ4v) is 7.30. The van der Waals surface area contributed by atoms with Gasteiger partial charge in [0.1, 0.15) is 0 Å². The summed E-state index contributed by atoms with van der Waals surface area (Å²) in [5.41, 5.74) is 5.20. The molecular formula is C49H31N3. The van der Waals surface area contributed by atoms with E-state index in [9.17, 15) is 0 Å². The van der Waals surface area contributed by atoms with Crippen molar-refractivity contribution in [3.05, 3.63) is 188 Å². The molecule has 0 radical (unpaired) electrons. The number of benzene rings is 9. The van der Waals surface area contributed by atoms with E-state index in [2.05, 4.69) is 78.9 Å². The monoisotopic (exact) mass is 666 g/mol. The van der Waals surface area contributed by atoms with E-state index in [-0.39, 0.29) is 29.7 Å². The molecule has 242 valence electrons. The number of fused-ring (bicyclic) bond motifs is 5. The molecule has 0 saturated carbocycles. The summed E-state index contributed by atoms with van der Waals surface area (Å²) in [5, 5.41) is 8.33. The molecule has 0 fully saturated rings. The minimum atomic E-state index is -0.412. The molecule has 52 heavy (non-hydrogen) atoms. The lowest BCUT2D eigenvalue weighted by atomic mass is 9.91. The zero-order chi connectivity index (χ0) is 38.8. The maximum absolute atomic E-state index is 8.68. The summed E-state index contributed by atoms with van der Waals surface area (Å²) in [6.07, 6.45) is 0. The summed E-state index contributed by atoms with van der Waals surface area (Å²) in [5.74, 6) is 1.67. The van der Waals surface area contributed by atoms with Gasteiger partial charge in [-0.2, -0.15) is 0 Å². The molecule has 1 aromatic heterocycles. The number of rotatable bonds is 5. The van der Waals surface area contributed by atoms with Gasteiger partial charge in [-0.25, -0.2) is 15.0 Å². The van der Waals surface area contributed by atoms with Crippen LogP contribution in [0.15, 0.2) is 188 Å². The van der Waals surface area contributed by atoms with E-state index in [0.717, 1.165) is 65.5 Å². The van der Waals surface area contributed by atoms with Crippen molar-refractivity contribution in [1.82, 2.24) is 15.0 Å². The molecule has 0 aliphatic rings. The molecule has 0 N–H and O–H groups in total. The summed E-state index contributed by atoms with van der Waals surface area (Å²) in [7, 11) is 0. The van der Waals surface area contributed by atoms with Crippen LogP contribution in [-0.4, -0.2) is 15.0 Å². The Hall–Kier alpha value is -6.97. The van der Waals surface area contributed by atoms with Gasteiger partial charge in [-0.15, -0.1) is 0 Å². The molecule has 0 saturated heterocycles. The van der Waals surface area contributed by atoms with Gasteiger partial charge < -0.3 is 0 Å². The Morgan fingerprint density at radius 3 is 1.58 bits per heavy atom. The van der Waals surface area contributed by atoms with Gasteiger partial charge in [-0.05, 0) is 83.5 Å². The Balaban J connectivity index is 1.17. The van der Waals surface area contributed by atoms with Gasteiger partial charge in [-0.3, -0.25) is 0 Å². The molecular weight excluding hydrogens is 631 g/mol. The summed E-state index contributed by atoms with van der Waals surface area (Å²) >= 11 is 0. The Kier molecular flexibility index (Phi) is 5.98. The van der Waals surface area contributed by atoms with Crippen LogP contribution in [-0.2, 0) is 0 Å². The second-order valence-corrected chi connectivity index (χ2v) is 12.8. The van der Waals surface area contributed by atoms with Gasteiger partial charge in [-0.1, -0.05) is 170 Å². The lowest BCUT2D eigenvalue weighted by molar-refractivity contribution is 1.08. The Bertz CT molecular complexity index is 3240. The largest absolute Gasteiger partial charge is 0.208 e. The lowest BCUT2D eigenvalue weighted by Crippen LogP contribution is -2.01. The standard InChI is InChI=1S/C49H31N3/c1-2-14-33(15-3-1)40-27-28-41(44-23-9-8-22-43(40)44)35-18-12-19-37(30-35)47-50-48(38-26-25-32-13-4-5-16-34(32)29-38)52-49(51-47)46-31-36-17-6-7-20-39(36)42-21-10-11-24-45(42)46/h1-31H/i1D,2D,3D,14D,15D. The quantitative estimate of drug-likeness (QED) is 0.172. The molecule has 9 aromatic carbocycles. The van der Waals surface area contributed by atoms with Crippen LogP contribution in [0.4, 0.5) is 0 Å². The van der Waals surface area contributed by atoms with Gasteiger partial charge in [0.25, 0.3) is 0 Å². The third kappa shape index (κ3) is 5.19. The van der Waals surface area contributed by atoms with E-state index in [0.29, 0.717) is 23.0 Å². The smallest absolute Gasteiger partial charge is 0.164 e. The van der Waals surface area contributed by atoms with Gasteiger partial charge >= 0.3 is 0 Å². The molecule has 0 aliphatic carbocycles.